The van der Waals surface area contributed by atoms with Crippen LogP contribution in [0.2, 0.25) is 0 Å². The van der Waals surface area contributed by atoms with E-state index in [4.69, 9.17) is 149 Å². The van der Waals surface area contributed by atoms with Gasteiger partial charge in [-0.1, -0.05) is 328 Å². The van der Waals surface area contributed by atoms with E-state index >= 15 is 0 Å². The SMILES string of the molecule is NCCN(CCN)CCN.NCCN(CCN)CCN.NCCN(CCN)CCN.NCCN(CCN)CCN.O=C([O-])Cc1ccc2ccccc2c1.O=C([O-])Cc1ccc2ccccc2c1.O=[N+]([O-])[O-].O=[N+]([O-])[O-].O=[N+]([O-])[O-].O=[N+]([O-])[O-].[C-]#[O+].[C-]#[O+].[C-]#[O+].[C-]#[O+].[Fe+3].[Fe+3].[Fe+3].[Fe+3].[O-2].[O-2].c1ccc([B-](c2ccccc2)(c2ccccc2)c2ccccc2)cc1.c1ccc([B-](c2ccccc2)(c2ccccc2)c2ccccc2)cc1. The van der Waals surface area contributed by atoms with Gasteiger partial charge in [0.15, 0.2) is 0 Å². The number of nitrogens with zero attached hydrogens (tertiary/aromatic N) is 8. The third-order valence-corrected chi connectivity index (χ3v) is 20.1. The maximum Gasteiger partial charge on any atom is 3.00 e. The normalized spacial score (nSPS) is 9.35. The largest absolute Gasteiger partial charge is 3.00 e. The molecule has 42 nitrogen and oxygen atoms in total. The van der Waals surface area contributed by atoms with Crippen molar-refractivity contribution in [3.05, 3.63) is 427 Å². The predicted molar refractivity (Wildman–Crippen MR) is 558 cm³/mol. The van der Waals surface area contributed by atoms with Crippen molar-refractivity contribution in [2.45, 2.75) is 12.8 Å². The predicted octanol–water partition coefficient (Wildman–Crippen LogP) is -0.304. The first-order valence-corrected chi connectivity index (χ1v) is 44.2. The monoisotopic (exact) mass is 2210 g/mol. The molecule has 4 radical (unpaired) electrons. The van der Waals surface area contributed by atoms with Crippen molar-refractivity contribution in [1.82, 2.24) is 19.6 Å². The minimum atomic E-state index is -1.75. The first kappa shape index (κ1) is 155. The number of carboxylic acids is 2. The number of hydrogen-bond acceptors (Lipinski definition) is 32. The fraction of sp³-hybridized carbons (Fsp3) is 0.260. The van der Waals surface area contributed by atoms with E-state index in [1.807, 2.05) is 84.9 Å². The molecule has 0 spiro atoms. The van der Waals surface area contributed by atoms with Gasteiger partial charge in [-0.05, 0) is 32.7 Å². The summed E-state index contributed by atoms with van der Waals surface area (Å²) in [7, 11) is 0. The number of nitrogens with two attached hydrogens (primary N) is 12. The second-order valence-corrected chi connectivity index (χ2v) is 29.2. The Labute approximate surface area is 906 Å². The molecule has 0 unspecified atom stereocenters. The van der Waals surface area contributed by atoms with Crippen LogP contribution in [0, 0.1) is 87.9 Å². The van der Waals surface area contributed by atoms with Crippen LogP contribution < -0.4 is 123 Å². The quantitative estimate of drug-likeness (QED) is 0.00788. The van der Waals surface area contributed by atoms with Crippen LogP contribution in [0.15, 0.2) is 328 Å². The summed E-state index contributed by atoms with van der Waals surface area (Å²) >= 11 is 0. The van der Waals surface area contributed by atoms with Crippen LogP contribution in [-0.2, 0) is 120 Å². The molecule has 12 aromatic rings. The number of rotatable bonds is 36. The van der Waals surface area contributed by atoms with Crippen LogP contribution in [0.4, 0.5) is 0 Å². The fourth-order valence-electron chi connectivity index (χ4n) is 14.8. The molecule has 0 aromatic heterocycles. The zero-order chi connectivity index (χ0) is 107. The van der Waals surface area contributed by atoms with Gasteiger partial charge in [0.2, 0.25) is 0 Å². The topological polar surface area (TPSA) is 807 Å². The molecule has 0 saturated heterocycles. The van der Waals surface area contributed by atoms with E-state index in [-0.39, 0.29) is 92.1 Å². The summed E-state index contributed by atoms with van der Waals surface area (Å²) in [5, 5.41) is 84.2. The summed E-state index contributed by atoms with van der Waals surface area (Å²) in [6.45, 7) is 36.9. The molecule has 0 atom stereocenters. The van der Waals surface area contributed by atoms with Gasteiger partial charge in [0.25, 0.3) is 0 Å². The van der Waals surface area contributed by atoms with Gasteiger partial charge in [-0.25, -0.2) is 0 Å². The Bertz CT molecular complexity index is 4500. The molecule has 0 aliphatic carbocycles. The molecule has 0 aliphatic rings. The van der Waals surface area contributed by atoms with Crippen molar-refractivity contribution >= 4 is 89.5 Å². The van der Waals surface area contributed by atoms with Gasteiger partial charge in [-0.15, -0.1) is 0 Å². The number of carbonyl (C=O) groups is 2. The Morgan fingerprint density at radius 2 is 0.338 bits per heavy atom. The zero-order valence-corrected chi connectivity index (χ0v) is 86.0. The molecule has 0 fully saturated rings. The van der Waals surface area contributed by atoms with E-state index < -0.39 is 44.6 Å². The van der Waals surface area contributed by atoms with E-state index in [1.165, 1.54) is 43.7 Å². The third-order valence-electron chi connectivity index (χ3n) is 20.1. The van der Waals surface area contributed by atoms with Gasteiger partial charge in [-0.2, -0.15) is 43.7 Å². The maximum atomic E-state index is 10.4. The van der Waals surface area contributed by atoms with E-state index in [2.05, 4.69) is 289 Å². The minimum Gasteiger partial charge on any atom is -2.00 e. The Kier molecular flexibility index (Phi) is 110. The van der Waals surface area contributed by atoms with Gasteiger partial charge >= 0.3 is 113 Å². The van der Waals surface area contributed by atoms with Crippen LogP contribution in [-0.4, -0.2) is 221 Å². The second-order valence-electron chi connectivity index (χ2n) is 29.2. The van der Waals surface area contributed by atoms with Crippen LogP contribution in [0.3, 0.4) is 0 Å². The minimum absolute atomic E-state index is 0. The number of fused-ring (bicyclic) bond motifs is 2. The van der Waals surface area contributed by atoms with Crippen LogP contribution in [0.1, 0.15) is 11.1 Å². The molecule has 0 bridgehead atoms. The average Bonchev–Trinajstić information content (AvgIpc) is 0.741. The number of carbonyl (C=O) groups excluding carboxylic acids is 2. The standard InChI is InChI=1S/2C24H20B.2C12H10O2.4C6H18N4.4CO.4Fe.4NO3.2O/c2*1-5-13-21(14-6-1)25(22-15-7-2-8-16-22,23-17-9-3-10-18-23)24-19-11-4-12-20-24;2*13-12(14)8-9-5-6-10-3-1-2-4-11(10)7-9;4*7-1-4-10(5-2-8)6-3-9;4*1-2;;;;;4*2-1(3)4;;/h2*1-20H;2*1-7H,8H2,(H,13,14);4*1-9H2;;;;;;;;;;;;;;/q2*-1;;;;;;;;;;;4*+3;4*-1;2*-2/p-2. The average molecular weight is 2210 g/mol. The van der Waals surface area contributed by atoms with Gasteiger partial charge in [0.05, 0.1) is 20.3 Å². The molecule has 800 valence electrons. The fourth-order valence-corrected chi connectivity index (χ4v) is 14.8. The molecule has 148 heavy (non-hydrogen) atoms. The first-order valence-electron chi connectivity index (χ1n) is 44.2. The van der Waals surface area contributed by atoms with Crippen molar-refractivity contribution < 1.29 is 138 Å². The first-order chi connectivity index (χ1) is 68.7. The van der Waals surface area contributed by atoms with Crippen molar-refractivity contribution in [3.8, 4) is 0 Å². The Balaban J connectivity index is -0.000000181. The van der Waals surface area contributed by atoms with Gasteiger partial charge < -0.3 is 161 Å². The van der Waals surface area contributed by atoms with Crippen LogP contribution >= 0.6 is 0 Å². The smallest absolute Gasteiger partial charge is 2.00 e. The van der Waals surface area contributed by atoms with Gasteiger partial charge in [0, 0.05) is 182 Å². The summed E-state index contributed by atoms with van der Waals surface area (Å²) < 4.78 is 30.0. The number of benzene rings is 12. The summed E-state index contributed by atoms with van der Waals surface area (Å²) in [5.74, 6) is -2.08. The molecule has 12 rings (SSSR count). The Morgan fingerprint density at radius 3 is 0.453 bits per heavy atom. The van der Waals surface area contributed by atoms with Gasteiger partial charge in [0.1, 0.15) is 12.3 Å². The summed E-state index contributed by atoms with van der Waals surface area (Å²) in [6, 6.07) is 114. The molecule has 48 heteroatoms. The van der Waals surface area contributed by atoms with Crippen LogP contribution in [0.5, 0.6) is 0 Å². The maximum absolute atomic E-state index is 10.4. The van der Waals surface area contributed by atoms with Crippen LogP contribution in [0.25, 0.3) is 21.5 Å². The van der Waals surface area contributed by atoms with E-state index in [0.717, 1.165) is 111 Å². The summed E-state index contributed by atoms with van der Waals surface area (Å²) in [5.41, 5.74) is 76.7. The zero-order valence-electron chi connectivity index (χ0n) is 81.6. The number of hydrogen-bond donors (Lipinski definition) is 12. The molecule has 0 amide bonds. The van der Waals surface area contributed by atoms with E-state index in [9.17, 15) is 19.8 Å². The summed E-state index contributed by atoms with van der Waals surface area (Å²) in [6.07, 6.45) is -2.48. The van der Waals surface area contributed by atoms with Crippen molar-refractivity contribution in [2.75, 3.05) is 157 Å². The number of aliphatic carboxylic acids is 2. The molecular formula is C100H130B2Fe4N20O22. The number of carboxylic acid groups (broad SMARTS) is 2. The third kappa shape index (κ3) is 69.5. The summed E-state index contributed by atoms with van der Waals surface area (Å²) in [4.78, 5) is 62.5. The Hall–Kier alpha value is -12.7. The van der Waals surface area contributed by atoms with Crippen molar-refractivity contribution in [2.24, 2.45) is 68.8 Å². The van der Waals surface area contributed by atoms with Crippen molar-refractivity contribution in [3.63, 3.8) is 0 Å². The molecule has 0 aliphatic heterocycles. The van der Waals surface area contributed by atoms with Gasteiger partial charge in [-0.3, -0.25) is 19.6 Å². The molecular weight excluding hydrogens is 2080 g/mol. The second kappa shape index (κ2) is 104. The molecule has 24 N–H and O–H groups in total. The molecule has 0 heterocycles. The molecule has 12 aromatic carbocycles. The van der Waals surface area contributed by atoms with E-state index in [0.29, 0.717) is 78.5 Å². The Morgan fingerprint density at radius 1 is 0.223 bits per heavy atom. The molecule has 0 saturated carbocycles. The van der Waals surface area contributed by atoms with Crippen molar-refractivity contribution in [1.29, 1.82) is 0 Å². The van der Waals surface area contributed by atoms with E-state index in [1.54, 1.807) is 0 Å².